The molecule has 0 radical (unpaired) electrons. The van der Waals surface area contributed by atoms with E-state index in [1.165, 1.54) is 5.56 Å². The topological polar surface area (TPSA) is 35.5 Å². The maximum absolute atomic E-state index is 11.4. The SMILES string of the molecule is CCc1cc(CC(C)C)c2c(c1)OCC(=O)CO2. The van der Waals surface area contributed by atoms with Gasteiger partial charge in [0.1, 0.15) is 0 Å². The van der Waals surface area contributed by atoms with Crippen LogP contribution in [-0.4, -0.2) is 19.0 Å². The molecular weight excluding hydrogens is 228 g/mol. The Morgan fingerprint density at radius 1 is 1.22 bits per heavy atom. The molecule has 1 heterocycles. The molecule has 3 heteroatoms. The van der Waals surface area contributed by atoms with Crippen molar-refractivity contribution in [2.75, 3.05) is 13.2 Å². The van der Waals surface area contributed by atoms with E-state index in [2.05, 4.69) is 26.8 Å². The molecule has 98 valence electrons. The molecule has 3 nitrogen and oxygen atoms in total. The van der Waals surface area contributed by atoms with Gasteiger partial charge in [0, 0.05) is 0 Å². The number of carbonyl (C=O) groups is 1. The summed E-state index contributed by atoms with van der Waals surface area (Å²) < 4.78 is 11.2. The predicted molar refractivity (Wildman–Crippen MR) is 70.4 cm³/mol. The van der Waals surface area contributed by atoms with Crippen molar-refractivity contribution in [2.24, 2.45) is 5.92 Å². The van der Waals surface area contributed by atoms with Gasteiger partial charge in [-0.25, -0.2) is 0 Å². The first-order chi connectivity index (χ1) is 8.60. The lowest BCUT2D eigenvalue weighted by atomic mass is 9.98. The van der Waals surface area contributed by atoms with Crippen molar-refractivity contribution in [2.45, 2.75) is 33.6 Å². The fraction of sp³-hybridized carbons (Fsp3) is 0.533. The minimum absolute atomic E-state index is 0.0141. The first-order valence-electron chi connectivity index (χ1n) is 6.53. The highest BCUT2D eigenvalue weighted by atomic mass is 16.5. The molecule has 2 rings (SSSR count). The average molecular weight is 248 g/mol. The summed E-state index contributed by atoms with van der Waals surface area (Å²) in [5.74, 6) is 2.01. The van der Waals surface area contributed by atoms with E-state index in [1.54, 1.807) is 0 Å². The Labute approximate surface area is 108 Å². The Balaban J connectivity index is 2.41. The van der Waals surface area contributed by atoms with Crippen molar-refractivity contribution in [1.82, 2.24) is 0 Å². The Morgan fingerprint density at radius 2 is 1.94 bits per heavy atom. The Hall–Kier alpha value is -1.51. The van der Waals surface area contributed by atoms with Crippen LogP contribution in [0.2, 0.25) is 0 Å². The molecule has 0 saturated heterocycles. The highest BCUT2D eigenvalue weighted by Crippen LogP contribution is 2.36. The number of ether oxygens (including phenoxy) is 2. The fourth-order valence-corrected chi connectivity index (χ4v) is 2.14. The molecule has 0 aliphatic carbocycles. The predicted octanol–water partition coefficient (Wildman–Crippen LogP) is 2.79. The highest BCUT2D eigenvalue weighted by molar-refractivity contribution is 5.82. The van der Waals surface area contributed by atoms with Crippen molar-refractivity contribution < 1.29 is 14.3 Å². The van der Waals surface area contributed by atoms with Gasteiger partial charge in [0.15, 0.2) is 24.7 Å². The van der Waals surface area contributed by atoms with Crippen molar-refractivity contribution >= 4 is 5.78 Å². The van der Waals surface area contributed by atoms with Gasteiger partial charge in [0.05, 0.1) is 0 Å². The van der Waals surface area contributed by atoms with Crippen LogP contribution < -0.4 is 9.47 Å². The Bertz CT molecular complexity index is 449. The number of ketones is 1. The zero-order chi connectivity index (χ0) is 13.1. The van der Waals surface area contributed by atoms with E-state index in [0.717, 1.165) is 29.9 Å². The largest absolute Gasteiger partial charge is 0.482 e. The number of aryl methyl sites for hydroxylation is 1. The summed E-state index contributed by atoms with van der Waals surface area (Å²) in [7, 11) is 0. The van der Waals surface area contributed by atoms with Gasteiger partial charge in [-0.05, 0) is 36.0 Å². The van der Waals surface area contributed by atoms with E-state index in [-0.39, 0.29) is 19.0 Å². The highest BCUT2D eigenvalue weighted by Gasteiger charge is 2.20. The zero-order valence-electron chi connectivity index (χ0n) is 11.3. The second kappa shape index (κ2) is 5.42. The molecule has 0 bridgehead atoms. The van der Waals surface area contributed by atoms with Gasteiger partial charge in [-0.3, -0.25) is 4.79 Å². The summed E-state index contributed by atoms with van der Waals surface area (Å²) in [5, 5.41) is 0. The van der Waals surface area contributed by atoms with E-state index in [1.807, 2.05) is 6.07 Å². The molecule has 1 aliphatic rings. The van der Waals surface area contributed by atoms with Crippen LogP contribution in [0, 0.1) is 5.92 Å². The molecule has 1 aliphatic heterocycles. The second-order valence-electron chi connectivity index (χ2n) is 5.15. The van der Waals surface area contributed by atoms with E-state index in [4.69, 9.17) is 9.47 Å². The molecule has 0 aromatic heterocycles. The van der Waals surface area contributed by atoms with Crippen LogP contribution in [0.5, 0.6) is 11.5 Å². The molecule has 0 saturated carbocycles. The number of benzene rings is 1. The molecule has 0 amide bonds. The molecular formula is C15H20O3. The zero-order valence-corrected chi connectivity index (χ0v) is 11.3. The summed E-state index contributed by atoms with van der Waals surface area (Å²) in [6, 6.07) is 4.15. The number of hydrogen-bond acceptors (Lipinski definition) is 3. The maximum Gasteiger partial charge on any atom is 0.207 e. The summed E-state index contributed by atoms with van der Waals surface area (Å²) in [5.41, 5.74) is 2.37. The number of hydrogen-bond donors (Lipinski definition) is 0. The third-order valence-corrected chi connectivity index (χ3v) is 2.99. The van der Waals surface area contributed by atoms with Gasteiger partial charge in [-0.1, -0.05) is 26.8 Å². The minimum atomic E-state index is -0.0141. The fourth-order valence-electron chi connectivity index (χ4n) is 2.14. The summed E-state index contributed by atoms with van der Waals surface area (Å²) in [4.78, 5) is 11.4. The van der Waals surface area contributed by atoms with Crippen LogP contribution in [0.4, 0.5) is 0 Å². The van der Waals surface area contributed by atoms with Crippen molar-refractivity contribution in [3.05, 3.63) is 23.3 Å². The number of fused-ring (bicyclic) bond motifs is 1. The number of carbonyl (C=O) groups excluding carboxylic acids is 1. The molecule has 1 aromatic rings. The molecule has 0 spiro atoms. The van der Waals surface area contributed by atoms with E-state index in [9.17, 15) is 4.79 Å². The van der Waals surface area contributed by atoms with Gasteiger partial charge in [0.2, 0.25) is 5.78 Å². The lowest BCUT2D eigenvalue weighted by Gasteiger charge is -2.15. The summed E-state index contributed by atoms with van der Waals surface area (Å²) in [6.45, 7) is 6.69. The minimum Gasteiger partial charge on any atom is -0.482 e. The van der Waals surface area contributed by atoms with Crippen LogP contribution in [0.25, 0.3) is 0 Å². The van der Waals surface area contributed by atoms with Crippen LogP contribution in [0.3, 0.4) is 0 Å². The van der Waals surface area contributed by atoms with Gasteiger partial charge < -0.3 is 9.47 Å². The van der Waals surface area contributed by atoms with E-state index in [0.29, 0.717) is 5.92 Å². The quantitative estimate of drug-likeness (QED) is 0.825. The van der Waals surface area contributed by atoms with Gasteiger partial charge in [-0.2, -0.15) is 0 Å². The Kier molecular flexibility index (Phi) is 3.90. The first-order valence-corrected chi connectivity index (χ1v) is 6.53. The molecule has 18 heavy (non-hydrogen) atoms. The maximum atomic E-state index is 11.4. The van der Waals surface area contributed by atoms with Crippen molar-refractivity contribution in [1.29, 1.82) is 0 Å². The molecule has 1 aromatic carbocycles. The lowest BCUT2D eigenvalue weighted by molar-refractivity contribution is -0.122. The molecule has 0 atom stereocenters. The van der Waals surface area contributed by atoms with E-state index >= 15 is 0 Å². The van der Waals surface area contributed by atoms with Crippen LogP contribution in [0.1, 0.15) is 31.9 Å². The number of rotatable bonds is 3. The van der Waals surface area contributed by atoms with Gasteiger partial charge in [0.25, 0.3) is 0 Å². The van der Waals surface area contributed by atoms with Gasteiger partial charge >= 0.3 is 0 Å². The second-order valence-corrected chi connectivity index (χ2v) is 5.15. The van der Waals surface area contributed by atoms with Crippen LogP contribution >= 0.6 is 0 Å². The average Bonchev–Trinajstić information content (AvgIpc) is 2.51. The molecule has 0 unspecified atom stereocenters. The summed E-state index contributed by atoms with van der Waals surface area (Å²) >= 11 is 0. The van der Waals surface area contributed by atoms with Crippen molar-refractivity contribution in [3.63, 3.8) is 0 Å². The van der Waals surface area contributed by atoms with Crippen LogP contribution in [-0.2, 0) is 17.6 Å². The number of Topliss-reactive ketones (excluding diaryl/α,β-unsaturated/α-hetero) is 1. The van der Waals surface area contributed by atoms with Crippen LogP contribution in [0.15, 0.2) is 12.1 Å². The van der Waals surface area contributed by atoms with E-state index < -0.39 is 0 Å². The smallest absolute Gasteiger partial charge is 0.207 e. The third kappa shape index (κ3) is 2.84. The standard InChI is InChI=1S/C15H20O3/c1-4-11-6-12(5-10(2)3)15-14(7-11)17-8-13(16)9-18-15/h6-7,10H,4-5,8-9H2,1-3H3. The molecule has 0 N–H and O–H groups in total. The third-order valence-electron chi connectivity index (χ3n) is 2.99. The summed E-state index contributed by atoms with van der Waals surface area (Å²) in [6.07, 6.45) is 1.89. The van der Waals surface area contributed by atoms with Gasteiger partial charge in [-0.15, -0.1) is 0 Å². The first kappa shape index (κ1) is 12.9. The monoisotopic (exact) mass is 248 g/mol. The Morgan fingerprint density at radius 3 is 2.61 bits per heavy atom. The normalized spacial score (nSPS) is 14.8. The lowest BCUT2D eigenvalue weighted by Crippen LogP contribution is -2.15. The molecule has 0 fully saturated rings. The van der Waals surface area contributed by atoms with Crippen molar-refractivity contribution in [3.8, 4) is 11.5 Å².